The lowest BCUT2D eigenvalue weighted by Crippen LogP contribution is -2.32. The van der Waals surface area contributed by atoms with E-state index >= 15 is 0 Å². The molecule has 134 valence electrons. The van der Waals surface area contributed by atoms with Gasteiger partial charge in [-0.2, -0.15) is 0 Å². The third kappa shape index (κ3) is 2.21. The van der Waals surface area contributed by atoms with Crippen molar-refractivity contribution in [2.75, 3.05) is 13.1 Å². The van der Waals surface area contributed by atoms with Crippen molar-refractivity contribution in [2.45, 2.75) is 5.92 Å². The summed E-state index contributed by atoms with van der Waals surface area (Å²) in [5.74, 6) is -0.338. The first-order valence-electron chi connectivity index (χ1n) is 8.61. The van der Waals surface area contributed by atoms with Crippen molar-refractivity contribution in [1.29, 1.82) is 0 Å². The fourth-order valence-electron chi connectivity index (χ4n) is 4.23. The molecule has 0 amide bonds. The minimum absolute atomic E-state index is 0.0368. The van der Waals surface area contributed by atoms with Crippen molar-refractivity contribution >= 4 is 27.4 Å². The van der Waals surface area contributed by atoms with Crippen LogP contribution in [0, 0.1) is 10.1 Å². The van der Waals surface area contributed by atoms with E-state index in [4.69, 9.17) is 0 Å². The van der Waals surface area contributed by atoms with E-state index in [2.05, 4.69) is 21.2 Å². The van der Waals surface area contributed by atoms with Crippen LogP contribution in [0.5, 0.6) is 0 Å². The summed E-state index contributed by atoms with van der Waals surface area (Å²) in [6.07, 6.45) is 0. The third-order valence-corrected chi connectivity index (χ3v) is 5.83. The Bertz CT molecular complexity index is 1070. The van der Waals surface area contributed by atoms with Gasteiger partial charge in [0.05, 0.1) is 10.6 Å². The Morgan fingerprint density at radius 3 is 2.52 bits per heavy atom. The average Bonchev–Trinajstić information content (AvgIpc) is 3.25. The lowest BCUT2D eigenvalue weighted by molar-refractivity contribution is -0.431. The van der Waals surface area contributed by atoms with Crippen LogP contribution in [0.3, 0.4) is 0 Å². The SMILES string of the molecule is O=C1C2=C(c3ccccc31)N1CCNC1=C([N+](=O)[O-])C2c1ccc(Br)cc1. The minimum atomic E-state index is -0.708. The van der Waals surface area contributed by atoms with Crippen molar-refractivity contribution < 1.29 is 9.72 Å². The minimum Gasteiger partial charge on any atom is -0.364 e. The summed E-state index contributed by atoms with van der Waals surface area (Å²) in [4.78, 5) is 26.9. The van der Waals surface area contributed by atoms with Crippen molar-refractivity contribution in [1.82, 2.24) is 10.2 Å². The van der Waals surface area contributed by atoms with Crippen LogP contribution in [0.2, 0.25) is 0 Å². The number of carbonyl (C=O) groups excluding carboxylic acids is 1. The lowest BCUT2D eigenvalue weighted by Gasteiger charge is -2.30. The van der Waals surface area contributed by atoms with Crippen LogP contribution in [0.1, 0.15) is 27.4 Å². The Kier molecular flexibility index (Phi) is 3.48. The molecule has 1 unspecified atom stereocenters. The van der Waals surface area contributed by atoms with Gasteiger partial charge in [-0.25, -0.2) is 0 Å². The van der Waals surface area contributed by atoms with Crippen LogP contribution >= 0.6 is 15.9 Å². The topological polar surface area (TPSA) is 75.5 Å². The summed E-state index contributed by atoms with van der Waals surface area (Å²) in [6, 6.07) is 14.8. The van der Waals surface area contributed by atoms with Gasteiger partial charge in [0, 0.05) is 34.3 Å². The molecule has 2 heterocycles. The van der Waals surface area contributed by atoms with Crippen molar-refractivity contribution in [3.63, 3.8) is 0 Å². The normalized spacial score (nSPS) is 20.4. The van der Waals surface area contributed by atoms with Gasteiger partial charge >= 0.3 is 0 Å². The van der Waals surface area contributed by atoms with E-state index in [-0.39, 0.29) is 16.4 Å². The molecule has 1 fully saturated rings. The van der Waals surface area contributed by atoms with Gasteiger partial charge in [-0.1, -0.05) is 52.3 Å². The zero-order chi connectivity index (χ0) is 18.7. The Labute approximate surface area is 163 Å². The number of Topliss-reactive ketones (excluding diaryl/α,β-unsaturated/α-hetero) is 1. The Balaban J connectivity index is 1.81. The number of halogens is 1. The molecule has 5 rings (SSSR count). The molecule has 2 aromatic carbocycles. The Morgan fingerprint density at radius 2 is 1.81 bits per heavy atom. The molecule has 1 aliphatic carbocycles. The molecule has 6 nitrogen and oxygen atoms in total. The monoisotopic (exact) mass is 423 g/mol. The summed E-state index contributed by atoms with van der Waals surface area (Å²) in [7, 11) is 0. The van der Waals surface area contributed by atoms with Gasteiger partial charge < -0.3 is 10.2 Å². The number of rotatable bonds is 2. The lowest BCUT2D eigenvalue weighted by atomic mass is 9.84. The zero-order valence-corrected chi connectivity index (χ0v) is 15.7. The molecule has 2 aliphatic heterocycles. The van der Waals surface area contributed by atoms with Crippen LogP contribution < -0.4 is 5.32 Å². The first-order chi connectivity index (χ1) is 13.1. The highest BCUT2D eigenvalue weighted by molar-refractivity contribution is 9.10. The molecule has 7 heteroatoms. The maximum Gasteiger partial charge on any atom is 0.298 e. The fourth-order valence-corrected chi connectivity index (χ4v) is 4.50. The molecule has 27 heavy (non-hydrogen) atoms. The first kappa shape index (κ1) is 16.3. The molecule has 1 atom stereocenters. The molecule has 0 bridgehead atoms. The van der Waals surface area contributed by atoms with Gasteiger partial charge in [-0.05, 0) is 17.7 Å². The van der Waals surface area contributed by atoms with Crippen LogP contribution in [-0.4, -0.2) is 28.7 Å². The molecule has 2 aromatic rings. The molecule has 0 radical (unpaired) electrons. The highest BCUT2D eigenvalue weighted by atomic mass is 79.9. The number of benzene rings is 2. The van der Waals surface area contributed by atoms with Crippen LogP contribution in [0.15, 0.2) is 70.1 Å². The molecule has 1 saturated heterocycles. The van der Waals surface area contributed by atoms with Gasteiger partial charge in [0.1, 0.15) is 5.92 Å². The van der Waals surface area contributed by atoms with Crippen LogP contribution in [0.25, 0.3) is 5.70 Å². The van der Waals surface area contributed by atoms with E-state index in [1.54, 1.807) is 6.07 Å². The van der Waals surface area contributed by atoms with E-state index < -0.39 is 5.92 Å². The summed E-state index contributed by atoms with van der Waals surface area (Å²) in [6.45, 7) is 1.20. The number of fused-ring (bicyclic) bond motifs is 4. The number of nitrogens with one attached hydrogen (secondary N) is 1. The fraction of sp³-hybridized carbons (Fsp3) is 0.150. The molecule has 3 aliphatic rings. The Morgan fingerprint density at radius 1 is 1.11 bits per heavy atom. The third-order valence-electron chi connectivity index (χ3n) is 5.30. The van der Waals surface area contributed by atoms with E-state index in [0.29, 0.717) is 30.0 Å². The molecule has 0 saturated carbocycles. The summed E-state index contributed by atoms with van der Waals surface area (Å²) < 4.78 is 0.883. The number of ketones is 1. The van der Waals surface area contributed by atoms with Crippen molar-refractivity contribution in [3.8, 4) is 0 Å². The van der Waals surface area contributed by atoms with Gasteiger partial charge in [-0.15, -0.1) is 0 Å². The van der Waals surface area contributed by atoms with Crippen LogP contribution in [0.4, 0.5) is 0 Å². The predicted octanol–water partition coefficient (Wildman–Crippen LogP) is 3.50. The van der Waals surface area contributed by atoms with E-state index in [1.165, 1.54) is 0 Å². The first-order valence-corrected chi connectivity index (χ1v) is 9.41. The standard InChI is InChI=1S/C20H14BrN3O3/c21-12-7-5-11(6-8-12)15-16-17(13-3-1-2-4-14(13)19(16)25)23-10-9-22-20(23)18(15)24(26)27/h1-8,15,22H,9-10H2. The van der Waals surface area contributed by atoms with Gasteiger partial charge in [0.2, 0.25) is 0 Å². The molecular weight excluding hydrogens is 410 g/mol. The number of carbonyl (C=O) groups is 1. The highest BCUT2D eigenvalue weighted by Gasteiger charge is 2.50. The number of allylic oxidation sites excluding steroid dienone is 1. The molecule has 0 spiro atoms. The maximum atomic E-state index is 13.3. The second-order valence-electron chi connectivity index (χ2n) is 6.69. The van der Waals surface area contributed by atoms with E-state index in [0.717, 1.165) is 21.3 Å². The number of nitrogens with zero attached hydrogens (tertiary/aromatic N) is 2. The number of nitro groups is 1. The predicted molar refractivity (Wildman–Crippen MR) is 103 cm³/mol. The molecule has 1 N–H and O–H groups in total. The van der Waals surface area contributed by atoms with Crippen LogP contribution in [-0.2, 0) is 0 Å². The second kappa shape index (κ2) is 5.79. The molecule has 0 aromatic heterocycles. The number of hydrogen-bond acceptors (Lipinski definition) is 5. The second-order valence-corrected chi connectivity index (χ2v) is 7.61. The van der Waals surface area contributed by atoms with Gasteiger partial charge in [0.15, 0.2) is 11.6 Å². The summed E-state index contributed by atoms with van der Waals surface area (Å²) in [5, 5.41) is 15.2. The van der Waals surface area contributed by atoms with Crippen molar-refractivity contribution in [3.05, 3.63) is 96.9 Å². The molecular formula is C20H14BrN3O3. The summed E-state index contributed by atoms with van der Waals surface area (Å²) in [5.41, 5.74) is 3.53. The number of hydrogen-bond donors (Lipinski definition) is 1. The van der Waals surface area contributed by atoms with E-state index in [9.17, 15) is 14.9 Å². The van der Waals surface area contributed by atoms with Gasteiger partial charge in [-0.3, -0.25) is 14.9 Å². The smallest absolute Gasteiger partial charge is 0.298 e. The maximum absolute atomic E-state index is 13.3. The quantitative estimate of drug-likeness (QED) is 0.590. The van der Waals surface area contributed by atoms with Crippen molar-refractivity contribution in [2.24, 2.45) is 0 Å². The summed E-state index contributed by atoms with van der Waals surface area (Å²) >= 11 is 3.40. The van der Waals surface area contributed by atoms with E-state index in [1.807, 2.05) is 47.4 Å². The Hall–Kier alpha value is -2.93. The average molecular weight is 424 g/mol. The highest BCUT2D eigenvalue weighted by Crippen LogP contribution is 2.50. The largest absolute Gasteiger partial charge is 0.364 e. The zero-order valence-electron chi connectivity index (χ0n) is 14.1. The van der Waals surface area contributed by atoms with Gasteiger partial charge in [0.25, 0.3) is 5.70 Å².